The second-order valence-corrected chi connectivity index (χ2v) is 8.33. The van der Waals surface area contributed by atoms with E-state index in [1.807, 2.05) is 30.3 Å². The quantitative estimate of drug-likeness (QED) is 0.546. The van der Waals surface area contributed by atoms with E-state index in [1.165, 1.54) is 6.26 Å². The van der Waals surface area contributed by atoms with E-state index < -0.39 is 12.3 Å². The van der Waals surface area contributed by atoms with Crippen LogP contribution in [0.3, 0.4) is 0 Å². The SMILES string of the molecule is O=C(O)COC1CCC(CNC(=O)c2cccnc2OC2=COC(Cc3ccccc3)O2)CC1. The number of aliphatic carboxylic acids is 1. The van der Waals surface area contributed by atoms with E-state index in [4.69, 9.17) is 24.1 Å². The topological polar surface area (TPSA) is 116 Å². The monoisotopic (exact) mass is 468 g/mol. The van der Waals surface area contributed by atoms with E-state index in [-0.39, 0.29) is 30.4 Å². The van der Waals surface area contributed by atoms with Crippen LogP contribution in [0.4, 0.5) is 0 Å². The van der Waals surface area contributed by atoms with Crippen molar-refractivity contribution in [1.29, 1.82) is 0 Å². The Bertz CT molecular complexity index is 1000. The van der Waals surface area contributed by atoms with E-state index in [2.05, 4.69) is 10.3 Å². The van der Waals surface area contributed by atoms with Gasteiger partial charge in [-0.15, -0.1) is 0 Å². The van der Waals surface area contributed by atoms with Gasteiger partial charge in [0.1, 0.15) is 12.2 Å². The molecule has 9 nitrogen and oxygen atoms in total. The molecule has 1 unspecified atom stereocenters. The fourth-order valence-corrected chi connectivity index (χ4v) is 4.03. The number of benzene rings is 1. The van der Waals surface area contributed by atoms with Crippen LogP contribution >= 0.6 is 0 Å². The van der Waals surface area contributed by atoms with Crippen molar-refractivity contribution in [2.75, 3.05) is 13.2 Å². The van der Waals surface area contributed by atoms with Gasteiger partial charge in [0.05, 0.1) is 6.10 Å². The maximum Gasteiger partial charge on any atom is 0.329 e. The number of hydrogen-bond acceptors (Lipinski definition) is 7. The van der Waals surface area contributed by atoms with Gasteiger partial charge in [-0.25, -0.2) is 9.78 Å². The molecule has 1 aliphatic heterocycles. The average Bonchev–Trinajstić information content (AvgIpc) is 3.29. The Kier molecular flexibility index (Phi) is 7.98. The number of nitrogens with zero attached hydrogens (tertiary/aromatic N) is 1. The van der Waals surface area contributed by atoms with Gasteiger partial charge in [-0.1, -0.05) is 30.3 Å². The second-order valence-electron chi connectivity index (χ2n) is 8.33. The van der Waals surface area contributed by atoms with Crippen molar-refractivity contribution in [1.82, 2.24) is 10.3 Å². The highest BCUT2D eigenvalue weighted by Gasteiger charge is 2.26. The largest absolute Gasteiger partial charge is 0.480 e. The highest BCUT2D eigenvalue weighted by Crippen LogP contribution is 2.27. The highest BCUT2D eigenvalue weighted by molar-refractivity contribution is 5.96. The molecule has 0 bridgehead atoms. The van der Waals surface area contributed by atoms with E-state index in [0.29, 0.717) is 24.4 Å². The summed E-state index contributed by atoms with van der Waals surface area (Å²) in [7, 11) is 0. The number of pyridine rings is 1. The number of amides is 1. The van der Waals surface area contributed by atoms with E-state index in [1.54, 1.807) is 18.3 Å². The van der Waals surface area contributed by atoms with Gasteiger partial charge in [-0.05, 0) is 49.3 Å². The van der Waals surface area contributed by atoms with Gasteiger partial charge in [0.15, 0.2) is 6.26 Å². The summed E-state index contributed by atoms with van der Waals surface area (Å²) in [5.41, 5.74) is 1.37. The molecule has 1 aromatic carbocycles. The molecule has 1 aliphatic carbocycles. The van der Waals surface area contributed by atoms with Gasteiger partial charge in [-0.3, -0.25) is 4.79 Å². The molecule has 2 heterocycles. The van der Waals surface area contributed by atoms with Crippen molar-refractivity contribution in [3.05, 3.63) is 72.0 Å². The molecule has 9 heteroatoms. The summed E-state index contributed by atoms with van der Waals surface area (Å²) >= 11 is 0. The Labute approximate surface area is 197 Å². The number of nitrogens with one attached hydrogen (secondary N) is 1. The first-order chi connectivity index (χ1) is 16.6. The van der Waals surface area contributed by atoms with Gasteiger partial charge in [0.2, 0.25) is 12.2 Å². The minimum absolute atomic E-state index is 0.0333. The Morgan fingerprint density at radius 3 is 2.65 bits per heavy atom. The summed E-state index contributed by atoms with van der Waals surface area (Å²) < 4.78 is 22.3. The number of aromatic nitrogens is 1. The van der Waals surface area contributed by atoms with E-state index in [9.17, 15) is 9.59 Å². The van der Waals surface area contributed by atoms with Gasteiger partial charge < -0.3 is 29.4 Å². The van der Waals surface area contributed by atoms with Gasteiger partial charge >= 0.3 is 11.9 Å². The van der Waals surface area contributed by atoms with Crippen molar-refractivity contribution in [3.8, 4) is 5.88 Å². The van der Waals surface area contributed by atoms with Crippen LogP contribution in [-0.4, -0.2) is 47.5 Å². The summed E-state index contributed by atoms with van der Waals surface area (Å²) in [6.45, 7) is 0.244. The zero-order valence-electron chi connectivity index (χ0n) is 18.7. The molecule has 1 fully saturated rings. The molecule has 2 aliphatic rings. The fraction of sp³-hybridized carbons (Fsp3) is 0.400. The van der Waals surface area contributed by atoms with Crippen LogP contribution in [-0.2, 0) is 25.4 Å². The van der Waals surface area contributed by atoms with Crippen LogP contribution in [0.2, 0.25) is 0 Å². The molecule has 2 N–H and O–H groups in total. The maximum absolute atomic E-state index is 12.8. The summed E-state index contributed by atoms with van der Waals surface area (Å²) in [6, 6.07) is 13.1. The number of hydrogen-bond donors (Lipinski definition) is 2. The minimum Gasteiger partial charge on any atom is -0.480 e. The Hall–Kier alpha value is -3.59. The van der Waals surface area contributed by atoms with E-state index in [0.717, 1.165) is 31.2 Å². The van der Waals surface area contributed by atoms with Gasteiger partial charge in [-0.2, -0.15) is 0 Å². The van der Waals surface area contributed by atoms with Crippen molar-refractivity contribution < 1.29 is 33.6 Å². The zero-order valence-corrected chi connectivity index (χ0v) is 18.7. The second kappa shape index (κ2) is 11.5. The number of carboxylic acid groups (broad SMARTS) is 1. The third kappa shape index (κ3) is 6.71. The molecule has 34 heavy (non-hydrogen) atoms. The lowest BCUT2D eigenvalue weighted by Gasteiger charge is -2.28. The third-order valence-corrected chi connectivity index (χ3v) is 5.81. The van der Waals surface area contributed by atoms with E-state index >= 15 is 0 Å². The fourth-order valence-electron chi connectivity index (χ4n) is 4.03. The first-order valence-corrected chi connectivity index (χ1v) is 11.4. The molecule has 4 rings (SSSR count). The molecular weight excluding hydrogens is 440 g/mol. The maximum atomic E-state index is 12.8. The average molecular weight is 469 g/mol. The molecule has 0 spiro atoms. The van der Waals surface area contributed by atoms with Crippen LogP contribution in [0.1, 0.15) is 41.6 Å². The zero-order chi connectivity index (χ0) is 23.8. The van der Waals surface area contributed by atoms with Gasteiger partial charge in [0, 0.05) is 19.2 Å². The number of carboxylic acids is 1. The smallest absolute Gasteiger partial charge is 0.329 e. The first kappa shape index (κ1) is 23.6. The molecule has 180 valence electrons. The summed E-state index contributed by atoms with van der Waals surface area (Å²) in [6.07, 6.45) is 6.24. The Morgan fingerprint density at radius 2 is 1.88 bits per heavy atom. The molecule has 1 saturated carbocycles. The van der Waals surface area contributed by atoms with Crippen molar-refractivity contribution in [2.24, 2.45) is 5.92 Å². The van der Waals surface area contributed by atoms with Crippen molar-refractivity contribution >= 4 is 11.9 Å². The summed E-state index contributed by atoms with van der Waals surface area (Å²) in [5.74, 6) is -0.648. The lowest BCUT2D eigenvalue weighted by Crippen LogP contribution is -2.33. The Balaban J connectivity index is 1.25. The molecule has 0 radical (unpaired) electrons. The lowest BCUT2D eigenvalue weighted by molar-refractivity contribution is -0.145. The normalized spacial score (nSPS) is 21.6. The van der Waals surface area contributed by atoms with Crippen LogP contribution in [0.25, 0.3) is 0 Å². The summed E-state index contributed by atoms with van der Waals surface area (Å²) in [4.78, 5) is 27.6. The van der Waals surface area contributed by atoms with Crippen LogP contribution in [0.5, 0.6) is 5.88 Å². The molecule has 1 amide bonds. The Morgan fingerprint density at radius 1 is 1.09 bits per heavy atom. The van der Waals surface area contributed by atoms with Crippen LogP contribution < -0.4 is 10.1 Å². The van der Waals surface area contributed by atoms with Crippen molar-refractivity contribution in [2.45, 2.75) is 44.5 Å². The molecule has 1 atom stereocenters. The number of rotatable bonds is 10. The first-order valence-electron chi connectivity index (χ1n) is 11.4. The van der Waals surface area contributed by atoms with Gasteiger partial charge in [0.25, 0.3) is 5.91 Å². The number of carbonyl (C=O) groups excluding carboxylic acids is 1. The minimum atomic E-state index is -0.957. The van der Waals surface area contributed by atoms with Crippen molar-refractivity contribution in [3.63, 3.8) is 0 Å². The van der Waals surface area contributed by atoms with Crippen LogP contribution in [0, 0.1) is 5.92 Å². The number of ether oxygens (including phenoxy) is 4. The molecular formula is C25H28N2O7. The third-order valence-electron chi connectivity index (χ3n) is 5.81. The molecule has 0 saturated heterocycles. The predicted octanol–water partition coefficient (Wildman–Crippen LogP) is 3.26. The number of carbonyl (C=O) groups is 2. The molecule has 1 aromatic heterocycles. The predicted molar refractivity (Wildman–Crippen MR) is 121 cm³/mol. The molecule has 2 aromatic rings. The standard InChI is InChI=1S/C25H28N2O7/c28-21(29)15-31-19-10-8-18(9-11-19)14-27-24(30)20-7-4-12-26-25(20)34-23-16-32-22(33-23)13-17-5-2-1-3-6-17/h1-7,12,16,18-19,22H,8-11,13-15H2,(H,27,30)(H,28,29). The lowest BCUT2D eigenvalue weighted by atomic mass is 9.87. The highest BCUT2D eigenvalue weighted by atomic mass is 16.8. The summed E-state index contributed by atoms with van der Waals surface area (Å²) in [5, 5.41) is 11.7. The van der Waals surface area contributed by atoms with Crippen LogP contribution in [0.15, 0.2) is 60.9 Å².